The van der Waals surface area contributed by atoms with E-state index in [-0.39, 0.29) is 18.7 Å². The highest BCUT2D eigenvalue weighted by atomic mass is 19.1. The highest BCUT2D eigenvalue weighted by Crippen LogP contribution is 2.15. The van der Waals surface area contributed by atoms with Crippen molar-refractivity contribution in [2.24, 2.45) is 0 Å². The van der Waals surface area contributed by atoms with E-state index in [0.29, 0.717) is 11.8 Å². The molecule has 0 aliphatic heterocycles. The molecule has 0 saturated carbocycles. The first-order valence-corrected chi connectivity index (χ1v) is 7.06. The van der Waals surface area contributed by atoms with E-state index in [2.05, 4.69) is 5.32 Å². The van der Waals surface area contributed by atoms with Crippen molar-refractivity contribution in [2.45, 2.75) is 18.9 Å². The maximum atomic E-state index is 13.4. The standard InChI is InChI=1S/C16H16F2N2O4/c1-16(23,8-11-3-2-6-24-11)9-19-14(21)15(22)20-13-5-4-10(17)7-12(13)18/h2-7,23H,8-9H2,1H3,(H,19,21)(H,20,22)/t16-/m1/s1. The smallest absolute Gasteiger partial charge is 0.313 e. The van der Waals surface area contributed by atoms with Crippen molar-refractivity contribution in [1.82, 2.24) is 5.32 Å². The number of rotatable bonds is 5. The largest absolute Gasteiger partial charge is 0.469 e. The third-order valence-corrected chi connectivity index (χ3v) is 3.15. The molecule has 0 aliphatic rings. The second-order valence-electron chi connectivity index (χ2n) is 5.51. The molecule has 0 unspecified atom stereocenters. The summed E-state index contributed by atoms with van der Waals surface area (Å²) in [5.41, 5.74) is -1.66. The van der Waals surface area contributed by atoms with Crippen LogP contribution in [0.4, 0.5) is 14.5 Å². The van der Waals surface area contributed by atoms with Crippen LogP contribution in [-0.2, 0) is 16.0 Å². The van der Waals surface area contributed by atoms with E-state index in [0.717, 1.165) is 12.1 Å². The predicted octanol–water partition coefficient (Wildman–Crippen LogP) is 1.61. The fourth-order valence-corrected chi connectivity index (χ4v) is 1.97. The van der Waals surface area contributed by atoms with Crippen molar-refractivity contribution in [2.75, 3.05) is 11.9 Å². The highest BCUT2D eigenvalue weighted by molar-refractivity contribution is 6.39. The zero-order chi connectivity index (χ0) is 17.7. The van der Waals surface area contributed by atoms with Gasteiger partial charge in [0.05, 0.1) is 17.6 Å². The molecular weight excluding hydrogens is 322 g/mol. The molecule has 0 radical (unpaired) electrons. The number of hydrogen-bond donors (Lipinski definition) is 3. The number of halogens is 2. The molecular formula is C16H16F2N2O4. The lowest BCUT2D eigenvalue weighted by Crippen LogP contribution is -2.45. The summed E-state index contributed by atoms with van der Waals surface area (Å²) in [6.07, 6.45) is 1.59. The van der Waals surface area contributed by atoms with Crippen LogP contribution < -0.4 is 10.6 Å². The minimum atomic E-state index is -1.34. The van der Waals surface area contributed by atoms with Gasteiger partial charge in [-0.2, -0.15) is 0 Å². The molecule has 0 spiro atoms. The van der Waals surface area contributed by atoms with Gasteiger partial charge in [0.2, 0.25) is 0 Å². The van der Waals surface area contributed by atoms with Gasteiger partial charge in [0.1, 0.15) is 17.4 Å². The second-order valence-corrected chi connectivity index (χ2v) is 5.51. The van der Waals surface area contributed by atoms with E-state index in [1.54, 1.807) is 12.1 Å². The quantitative estimate of drug-likeness (QED) is 0.722. The second kappa shape index (κ2) is 7.22. The molecule has 2 amide bonds. The van der Waals surface area contributed by atoms with Gasteiger partial charge in [0, 0.05) is 19.0 Å². The summed E-state index contributed by atoms with van der Waals surface area (Å²) in [7, 11) is 0. The first-order valence-electron chi connectivity index (χ1n) is 7.06. The monoisotopic (exact) mass is 338 g/mol. The number of anilines is 1. The average molecular weight is 338 g/mol. The highest BCUT2D eigenvalue weighted by Gasteiger charge is 2.25. The van der Waals surface area contributed by atoms with E-state index in [1.807, 2.05) is 5.32 Å². The Morgan fingerprint density at radius 3 is 2.62 bits per heavy atom. The molecule has 6 nitrogen and oxygen atoms in total. The van der Waals surface area contributed by atoms with Crippen LogP contribution in [0, 0.1) is 11.6 Å². The number of furan rings is 1. The Labute approximate surface area is 136 Å². The molecule has 8 heteroatoms. The molecule has 3 N–H and O–H groups in total. The van der Waals surface area contributed by atoms with Crippen LogP contribution in [0.2, 0.25) is 0 Å². The Morgan fingerprint density at radius 1 is 1.25 bits per heavy atom. The predicted molar refractivity (Wildman–Crippen MR) is 81.0 cm³/mol. The molecule has 0 bridgehead atoms. The van der Waals surface area contributed by atoms with E-state index in [4.69, 9.17) is 4.42 Å². The lowest BCUT2D eigenvalue weighted by molar-refractivity contribution is -0.136. The van der Waals surface area contributed by atoms with Crippen LogP contribution in [0.3, 0.4) is 0 Å². The van der Waals surface area contributed by atoms with Gasteiger partial charge in [-0.05, 0) is 31.2 Å². The van der Waals surface area contributed by atoms with Crippen molar-refractivity contribution >= 4 is 17.5 Å². The molecule has 1 heterocycles. The summed E-state index contributed by atoms with van der Waals surface area (Å²) in [5, 5.41) is 14.4. The third-order valence-electron chi connectivity index (χ3n) is 3.15. The summed E-state index contributed by atoms with van der Waals surface area (Å²) >= 11 is 0. The van der Waals surface area contributed by atoms with Gasteiger partial charge in [-0.25, -0.2) is 8.78 Å². The molecule has 1 aromatic heterocycles. The van der Waals surface area contributed by atoms with Crippen LogP contribution in [-0.4, -0.2) is 29.1 Å². The van der Waals surface area contributed by atoms with Crippen LogP contribution in [0.1, 0.15) is 12.7 Å². The number of hydrogen-bond acceptors (Lipinski definition) is 4. The van der Waals surface area contributed by atoms with Crippen molar-refractivity contribution in [3.05, 3.63) is 54.0 Å². The fourth-order valence-electron chi connectivity index (χ4n) is 1.97. The SMILES string of the molecule is C[C@](O)(CNC(=O)C(=O)Nc1ccc(F)cc1F)Cc1ccco1. The summed E-state index contributed by atoms with van der Waals surface area (Å²) in [4.78, 5) is 23.4. The fraction of sp³-hybridized carbons (Fsp3) is 0.250. The Bertz CT molecular complexity index is 730. The molecule has 1 atom stereocenters. The maximum absolute atomic E-state index is 13.4. The molecule has 2 rings (SSSR count). The number of benzene rings is 1. The van der Waals surface area contributed by atoms with Gasteiger partial charge < -0.3 is 20.2 Å². The molecule has 0 fully saturated rings. The van der Waals surface area contributed by atoms with Crippen molar-refractivity contribution in [1.29, 1.82) is 0 Å². The average Bonchev–Trinajstić information content (AvgIpc) is 2.99. The lowest BCUT2D eigenvalue weighted by atomic mass is 10.0. The zero-order valence-electron chi connectivity index (χ0n) is 12.8. The normalized spacial score (nSPS) is 13.2. The molecule has 0 saturated heterocycles. The van der Waals surface area contributed by atoms with Crippen molar-refractivity contribution in [3.8, 4) is 0 Å². The summed E-state index contributed by atoms with van der Waals surface area (Å²) < 4.78 is 31.3. The van der Waals surface area contributed by atoms with Gasteiger partial charge in [-0.1, -0.05) is 0 Å². The van der Waals surface area contributed by atoms with Crippen molar-refractivity contribution < 1.29 is 27.9 Å². The van der Waals surface area contributed by atoms with Gasteiger partial charge >= 0.3 is 11.8 Å². The number of carbonyl (C=O) groups excluding carboxylic acids is 2. The van der Waals surface area contributed by atoms with Crippen LogP contribution in [0.15, 0.2) is 41.0 Å². The minimum Gasteiger partial charge on any atom is -0.469 e. The first kappa shape index (κ1) is 17.6. The van der Waals surface area contributed by atoms with Gasteiger partial charge in [0.25, 0.3) is 0 Å². The first-order chi connectivity index (χ1) is 11.3. The summed E-state index contributed by atoms with van der Waals surface area (Å²) in [5.74, 6) is -3.47. The third kappa shape index (κ3) is 4.88. The van der Waals surface area contributed by atoms with E-state index in [9.17, 15) is 23.5 Å². The molecule has 2 aromatic rings. The summed E-state index contributed by atoms with van der Waals surface area (Å²) in [6, 6.07) is 5.87. The molecule has 128 valence electrons. The topological polar surface area (TPSA) is 91.6 Å². The Morgan fingerprint density at radius 2 is 2.00 bits per heavy atom. The van der Waals surface area contributed by atoms with Crippen LogP contribution in [0.5, 0.6) is 0 Å². The van der Waals surface area contributed by atoms with Gasteiger partial charge in [-0.15, -0.1) is 0 Å². The molecule has 1 aromatic carbocycles. The van der Waals surface area contributed by atoms with E-state index in [1.165, 1.54) is 13.2 Å². The van der Waals surface area contributed by atoms with E-state index < -0.39 is 29.0 Å². The summed E-state index contributed by atoms with van der Waals surface area (Å²) in [6.45, 7) is 1.25. The zero-order valence-corrected chi connectivity index (χ0v) is 12.8. The van der Waals surface area contributed by atoms with Gasteiger partial charge in [0.15, 0.2) is 0 Å². The van der Waals surface area contributed by atoms with Crippen LogP contribution in [0.25, 0.3) is 0 Å². The number of nitrogens with one attached hydrogen (secondary N) is 2. The Balaban J connectivity index is 1.88. The Kier molecular flexibility index (Phi) is 5.30. The minimum absolute atomic E-state index is 0.133. The van der Waals surface area contributed by atoms with Crippen molar-refractivity contribution in [3.63, 3.8) is 0 Å². The van der Waals surface area contributed by atoms with Crippen LogP contribution >= 0.6 is 0 Å². The molecule has 0 aliphatic carbocycles. The number of aliphatic hydroxyl groups is 1. The lowest BCUT2D eigenvalue weighted by Gasteiger charge is -2.22. The maximum Gasteiger partial charge on any atom is 0.313 e. The Hall–Kier alpha value is -2.74. The van der Waals surface area contributed by atoms with Gasteiger partial charge in [-0.3, -0.25) is 9.59 Å². The molecule has 24 heavy (non-hydrogen) atoms. The number of amides is 2. The number of carbonyl (C=O) groups is 2. The van der Waals surface area contributed by atoms with E-state index >= 15 is 0 Å².